The quantitative estimate of drug-likeness (QED) is 0.744. The van der Waals surface area contributed by atoms with Crippen LogP contribution >= 0.6 is 27.3 Å². The van der Waals surface area contributed by atoms with E-state index in [4.69, 9.17) is 0 Å². The molecule has 0 bridgehead atoms. The number of aromatic nitrogens is 2. The summed E-state index contributed by atoms with van der Waals surface area (Å²) in [6.07, 6.45) is 1.03. The molecule has 0 saturated heterocycles. The third kappa shape index (κ3) is 2.64. The number of benzene rings is 1. The summed E-state index contributed by atoms with van der Waals surface area (Å²) in [4.78, 5) is 0.315. The highest BCUT2D eigenvalue weighted by atomic mass is 79.9. The Kier molecular flexibility index (Phi) is 4.17. The van der Waals surface area contributed by atoms with Crippen LogP contribution in [0.4, 0.5) is 0 Å². The molecule has 0 fully saturated rings. The number of rotatable bonds is 3. The summed E-state index contributed by atoms with van der Waals surface area (Å²) < 4.78 is 0. The molecule has 0 aliphatic heterocycles. The first kappa shape index (κ1) is 13.7. The Morgan fingerprint density at radius 2 is 1.78 bits per heavy atom. The van der Waals surface area contributed by atoms with Crippen molar-refractivity contribution in [1.82, 2.24) is 10.2 Å². The zero-order valence-electron chi connectivity index (χ0n) is 11.1. The van der Waals surface area contributed by atoms with Crippen LogP contribution in [-0.4, -0.2) is 10.2 Å². The second-order valence-corrected chi connectivity index (χ2v) is 6.71. The predicted molar refractivity (Wildman–Crippen MR) is 81.5 cm³/mol. The van der Waals surface area contributed by atoms with Gasteiger partial charge in [-0.05, 0) is 38.3 Å². The Bertz CT molecular complexity index is 540. The molecule has 2 nitrogen and oxygen atoms in total. The first-order chi connectivity index (χ1) is 8.52. The zero-order chi connectivity index (χ0) is 13.3. The highest BCUT2D eigenvalue weighted by Gasteiger charge is 2.15. The van der Waals surface area contributed by atoms with Crippen molar-refractivity contribution in [3.05, 3.63) is 33.8 Å². The highest BCUT2D eigenvalue weighted by Crippen LogP contribution is 2.35. The van der Waals surface area contributed by atoms with E-state index in [1.54, 1.807) is 11.3 Å². The third-order valence-electron chi connectivity index (χ3n) is 2.96. The van der Waals surface area contributed by atoms with Crippen LogP contribution in [0, 0.1) is 20.8 Å². The number of hydrogen-bond donors (Lipinski definition) is 0. The van der Waals surface area contributed by atoms with Crippen molar-refractivity contribution in [3.63, 3.8) is 0 Å². The molecule has 0 radical (unpaired) electrons. The van der Waals surface area contributed by atoms with Gasteiger partial charge in [0.2, 0.25) is 0 Å². The van der Waals surface area contributed by atoms with E-state index in [1.807, 2.05) is 0 Å². The molecule has 1 aromatic heterocycles. The lowest BCUT2D eigenvalue weighted by Crippen LogP contribution is -1.89. The third-order valence-corrected chi connectivity index (χ3v) is 5.40. The first-order valence-electron chi connectivity index (χ1n) is 6.08. The SMILES string of the molecule is CCC(Br)c1nnc(-c2c(C)cc(C)cc2C)s1. The number of halogens is 1. The molecule has 0 amide bonds. The molecule has 0 spiro atoms. The van der Waals surface area contributed by atoms with E-state index in [0.29, 0.717) is 4.83 Å². The topological polar surface area (TPSA) is 25.8 Å². The average Bonchev–Trinajstić information content (AvgIpc) is 2.76. The van der Waals surface area contributed by atoms with E-state index in [1.165, 1.54) is 22.3 Å². The minimum absolute atomic E-state index is 0.315. The molecular weight excluding hydrogens is 308 g/mol. The summed E-state index contributed by atoms with van der Waals surface area (Å²) in [5.41, 5.74) is 5.08. The van der Waals surface area contributed by atoms with Crippen LogP contribution in [0.25, 0.3) is 10.6 Å². The van der Waals surface area contributed by atoms with Gasteiger partial charge in [-0.3, -0.25) is 0 Å². The molecule has 2 rings (SSSR count). The van der Waals surface area contributed by atoms with Gasteiger partial charge in [-0.2, -0.15) is 0 Å². The molecule has 96 valence electrons. The maximum atomic E-state index is 4.35. The smallest absolute Gasteiger partial charge is 0.142 e. The van der Waals surface area contributed by atoms with Gasteiger partial charge in [0.05, 0.1) is 4.83 Å². The van der Waals surface area contributed by atoms with Crippen molar-refractivity contribution >= 4 is 27.3 Å². The highest BCUT2D eigenvalue weighted by molar-refractivity contribution is 9.09. The second-order valence-electron chi connectivity index (χ2n) is 4.59. The predicted octanol–water partition coefficient (Wildman–Crippen LogP) is 4.98. The van der Waals surface area contributed by atoms with Crippen LogP contribution in [0.1, 0.15) is 39.9 Å². The summed E-state index contributed by atoms with van der Waals surface area (Å²) in [6.45, 7) is 8.55. The molecule has 2 aromatic rings. The van der Waals surface area contributed by atoms with Gasteiger partial charge in [-0.25, -0.2) is 0 Å². The number of alkyl halides is 1. The standard InChI is InChI=1S/C14H17BrN2S/c1-5-11(15)13-16-17-14(18-13)12-9(3)6-8(2)7-10(12)4/h6-7,11H,5H2,1-4H3. The fraction of sp³-hybridized carbons (Fsp3) is 0.429. The maximum Gasteiger partial charge on any atom is 0.148 e. The fourth-order valence-corrected chi connectivity index (χ4v) is 3.61. The summed E-state index contributed by atoms with van der Waals surface area (Å²) in [7, 11) is 0. The van der Waals surface area contributed by atoms with Gasteiger partial charge in [-0.1, -0.05) is 51.9 Å². The Morgan fingerprint density at radius 1 is 1.17 bits per heavy atom. The first-order valence-corrected chi connectivity index (χ1v) is 7.81. The lowest BCUT2D eigenvalue weighted by atomic mass is 10.0. The van der Waals surface area contributed by atoms with Crippen molar-refractivity contribution in [2.45, 2.75) is 38.9 Å². The largest absolute Gasteiger partial charge is 0.148 e. The van der Waals surface area contributed by atoms with Crippen LogP contribution in [0.2, 0.25) is 0 Å². The molecule has 0 saturated carbocycles. The van der Waals surface area contributed by atoms with Crippen LogP contribution < -0.4 is 0 Å². The van der Waals surface area contributed by atoms with Crippen molar-refractivity contribution in [3.8, 4) is 10.6 Å². The Hall–Kier alpha value is -0.740. The van der Waals surface area contributed by atoms with Gasteiger partial charge in [0.1, 0.15) is 10.0 Å². The molecule has 0 aliphatic rings. The Labute approximate surface area is 121 Å². The van der Waals surface area contributed by atoms with Crippen molar-refractivity contribution in [1.29, 1.82) is 0 Å². The van der Waals surface area contributed by atoms with Crippen molar-refractivity contribution in [2.24, 2.45) is 0 Å². The van der Waals surface area contributed by atoms with Gasteiger partial charge < -0.3 is 0 Å². The van der Waals surface area contributed by atoms with Gasteiger partial charge in [-0.15, -0.1) is 10.2 Å². The summed E-state index contributed by atoms with van der Waals surface area (Å²) >= 11 is 5.31. The maximum absolute atomic E-state index is 4.35. The number of nitrogens with zero attached hydrogens (tertiary/aromatic N) is 2. The number of aryl methyl sites for hydroxylation is 3. The summed E-state index contributed by atoms with van der Waals surface area (Å²) in [5, 5.41) is 10.7. The van der Waals surface area contributed by atoms with Gasteiger partial charge in [0, 0.05) is 5.56 Å². The van der Waals surface area contributed by atoms with E-state index in [2.05, 4.69) is 66.0 Å². The lowest BCUT2D eigenvalue weighted by molar-refractivity contribution is 0.870. The van der Waals surface area contributed by atoms with E-state index in [0.717, 1.165) is 16.4 Å². The molecule has 1 aromatic carbocycles. The van der Waals surface area contributed by atoms with Crippen LogP contribution in [0.15, 0.2) is 12.1 Å². The minimum atomic E-state index is 0.315. The normalized spacial score (nSPS) is 12.7. The molecule has 1 heterocycles. The van der Waals surface area contributed by atoms with E-state index < -0.39 is 0 Å². The van der Waals surface area contributed by atoms with Crippen LogP contribution in [0.5, 0.6) is 0 Å². The zero-order valence-corrected chi connectivity index (χ0v) is 13.5. The van der Waals surface area contributed by atoms with Gasteiger partial charge >= 0.3 is 0 Å². The Balaban J connectivity index is 2.46. The minimum Gasteiger partial charge on any atom is -0.142 e. The molecule has 0 N–H and O–H groups in total. The van der Waals surface area contributed by atoms with Crippen LogP contribution in [0.3, 0.4) is 0 Å². The number of hydrogen-bond acceptors (Lipinski definition) is 3. The second kappa shape index (κ2) is 5.49. The summed E-state index contributed by atoms with van der Waals surface area (Å²) in [6, 6.07) is 4.41. The van der Waals surface area contributed by atoms with Crippen LogP contribution in [-0.2, 0) is 0 Å². The van der Waals surface area contributed by atoms with Gasteiger partial charge in [0.15, 0.2) is 0 Å². The average molecular weight is 325 g/mol. The summed E-state index contributed by atoms with van der Waals surface area (Å²) in [5.74, 6) is 0. The van der Waals surface area contributed by atoms with E-state index >= 15 is 0 Å². The lowest BCUT2D eigenvalue weighted by Gasteiger charge is -2.07. The molecule has 1 atom stereocenters. The Morgan fingerprint density at radius 3 is 2.33 bits per heavy atom. The molecular formula is C14H17BrN2S. The monoisotopic (exact) mass is 324 g/mol. The van der Waals surface area contributed by atoms with Gasteiger partial charge in [0.25, 0.3) is 0 Å². The molecule has 0 aliphatic carbocycles. The fourth-order valence-electron chi connectivity index (χ4n) is 2.15. The molecule has 18 heavy (non-hydrogen) atoms. The van der Waals surface area contributed by atoms with E-state index in [9.17, 15) is 0 Å². The van der Waals surface area contributed by atoms with E-state index in [-0.39, 0.29) is 0 Å². The van der Waals surface area contributed by atoms with Crippen molar-refractivity contribution in [2.75, 3.05) is 0 Å². The van der Waals surface area contributed by atoms with Crippen molar-refractivity contribution < 1.29 is 0 Å². The molecule has 4 heteroatoms. The molecule has 1 unspecified atom stereocenters.